The Balaban J connectivity index is 1.72. The van der Waals surface area contributed by atoms with Gasteiger partial charge in [-0.2, -0.15) is 9.47 Å². The molecule has 114 valence electrons. The lowest BCUT2D eigenvalue weighted by molar-refractivity contribution is 0.691. The third kappa shape index (κ3) is 2.64. The number of pyridine rings is 1. The second kappa shape index (κ2) is 5.40. The van der Waals surface area contributed by atoms with Gasteiger partial charge in [-0.15, -0.1) is 0 Å². The van der Waals surface area contributed by atoms with Crippen LogP contribution in [0.5, 0.6) is 0 Å². The number of hydrogen-bond acceptors (Lipinski definition) is 7. The first-order valence-corrected chi connectivity index (χ1v) is 7.85. The summed E-state index contributed by atoms with van der Waals surface area (Å²) in [5.74, 6) is 0.907. The highest BCUT2D eigenvalue weighted by atomic mass is 32.1. The molecule has 0 unspecified atom stereocenters. The summed E-state index contributed by atoms with van der Waals surface area (Å²) in [6, 6.07) is 5.87. The van der Waals surface area contributed by atoms with Crippen LogP contribution in [-0.2, 0) is 6.54 Å². The van der Waals surface area contributed by atoms with Crippen molar-refractivity contribution in [1.82, 2.24) is 29.1 Å². The summed E-state index contributed by atoms with van der Waals surface area (Å²) >= 11 is 1.35. The van der Waals surface area contributed by atoms with Gasteiger partial charge in [-0.3, -0.25) is 9.67 Å². The van der Waals surface area contributed by atoms with Crippen LogP contribution in [0.1, 0.15) is 11.3 Å². The van der Waals surface area contributed by atoms with E-state index >= 15 is 0 Å². The Morgan fingerprint density at radius 2 is 2.13 bits per heavy atom. The summed E-state index contributed by atoms with van der Waals surface area (Å²) in [5.41, 5.74) is 9.38. The van der Waals surface area contributed by atoms with Crippen LogP contribution in [0, 0.1) is 6.92 Å². The molecule has 0 fully saturated rings. The molecule has 0 aliphatic carbocycles. The number of nitrogens with zero attached hydrogens (tertiary/aromatic N) is 6. The molecule has 0 radical (unpaired) electrons. The fraction of sp³-hybridized carbons (Fsp3) is 0.133. The highest BCUT2D eigenvalue weighted by molar-refractivity contribution is 7.03. The van der Waals surface area contributed by atoms with Crippen molar-refractivity contribution in [2.75, 3.05) is 5.73 Å². The topological polar surface area (TPSA) is 95.4 Å². The Bertz CT molecular complexity index is 958. The fourth-order valence-electron chi connectivity index (χ4n) is 2.28. The molecule has 23 heavy (non-hydrogen) atoms. The molecule has 4 aromatic heterocycles. The Kier molecular flexibility index (Phi) is 3.23. The number of aryl methyl sites for hydroxylation is 1. The van der Waals surface area contributed by atoms with Crippen LogP contribution in [-0.4, -0.2) is 29.1 Å². The molecular formula is C15H13N7S. The Hall–Kier alpha value is -2.87. The molecule has 0 saturated carbocycles. The summed E-state index contributed by atoms with van der Waals surface area (Å²) in [6.45, 7) is 2.57. The largest absolute Gasteiger partial charge is 0.383 e. The van der Waals surface area contributed by atoms with E-state index in [2.05, 4.69) is 24.4 Å². The third-order valence-corrected chi connectivity index (χ3v) is 4.00. The first-order valence-electron chi connectivity index (χ1n) is 7.02. The first-order chi connectivity index (χ1) is 11.2. The smallest absolute Gasteiger partial charge is 0.187 e. The molecule has 0 spiro atoms. The number of nitrogen functional groups attached to an aromatic ring is 1. The highest BCUT2D eigenvalue weighted by Gasteiger charge is 2.12. The first kappa shape index (κ1) is 13.8. The maximum Gasteiger partial charge on any atom is 0.187 e. The SMILES string of the molecule is Cc1ccc(Cn2cc3c(N)nc(-c4ccsn4)nc3n2)cn1. The minimum Gasteiger partial charge on any atom is -0.383 e. The van der Waals surface area contributed by atoms with Gasteiger partial charge in [-0.25, -0.2) is 9.97 Å². The number of nitrogens with two attached hydrogens (primary N) is 1. The molecule has 0 bridgehead atoms. The van der Waals surface area contributed by atoms with E-state index in [4.69, 9.17) is 5.73 Å². The van der Waals surface area contributed by atoms with Crippen LogP contribution in [0.2, 0.25) is 0 Å². The van der Waals surface area contributed by atoms with Crippen LogP contribution in [0.15, 0.2) is 36.0 Å². The van der Waals surface area contributed by atoms with Crippen LogP contribution >= 0.6 is 11.5 Å². The van der Waals surface area contributed by atoms with Crippen molar-refractivity contribution in [2.45, 2.75) is 13.5 Å². The molecule has 7 nitrogen and oxygen atoms in total. The van der Waals surface area contributed by atoms with Gasteiger partial charge in [0, 0.05) is 23.5 Å². The highest BCUT2D eigenvalue weighted by Crippen LogP contribution is 2.22. The average Bonchev–Trinajstić information content (AvgIpc) is 3.19. The van der Waals surface area contributed by atoms with E-state index in [1.54, 1.807) is 4.68 Å². The van der Waals surface area contributed by atoms with E-state index in [1.807, 2.05) is 42.9 Å². The Morgan fingerprint density at radius 3 is 2.87 bits per heavy atom. The zero-order valence-electron chi connectivity index (χ0n) is 12.3. The van der Waals surface area contributed by atoms with Crippen molar-refractivity contribution in [3.05, 3.63) is 47.2 Å². The monoisotopic (exact) mass is 323 g/mol. The molecule has 0 amide bonds. The van der Waals surface area contributed by atoms with E-state index < -0.39 is 0 Å². The zero-order chi connectivity index (χ0) is 15.8. The van der Waals surface area contributed by atoms with Crippen molar-refractivity contribution in [3.63, 3.8) is 0 Å². The summed E-state index contributed by atoms with van der Waals surface area (Å²) in [6.07, 6.45) is 3.70. The van der Waals surface area contributed by atoms with Gasteiger partial charge in [-0.05, 0) is 36.2 Å². The summed E-state index contributed by atoms with van der Waals surface area (Å²) in [7, 11) is 0. The maximum absolute atomic E-state index is 6.05. The summed E-state index contributed by atoms with van der Waals surface area (Å²) in [5, 5.41) is 7.11. The molecule has 4 heterocycles. The molecule has 0 atom stereocenters. The summed E-state index contributed by atoms with van der Waals surface area (Å²) in [4.78, 5) is 13.1. The van der Waals surface area contributed by atoms with Crippen LogP contribution in [0.3, 0.4) is 0 Å². The Morgan fingerprint density at radius 1 is 1.22 bits per heavy atom. The number of rotatable bonds is 3. The van der Waals surface area contributed by atoms with Gasteiger partial charge in [0.1, 0.15) is 11.5 Å². The van der Waals surface area contributed by atoms with Crippen molar-refractivity contribution in [2.24, 2.45) is 0 Å². The van der Waals surface area contributed by atoms with Gasteiger partial charge in [0.25, 0.3) is 0 Å². The van der Waals surface area contributed by atoms with Gasteiger partial charge < -0.3 is 5.73 Å². The quantitative estimate of drug-likeness (QED) is 0.621. The average molecular weight is 323 g/mol. The number of anilines is 1. The van der Waals surface area contributed by atoms with Crippen molar-refractivity contribution in [3.8, 4) is 11.5 Å². The molecule has 4 aromatic rings. The van der Waals surface area contributed by atoms with Crippen LogP contribution in [0.4, 0.5) is 5.82 Å². The number of aromatic nitrogens is 6. The molecule has 0 saturated heterocycles. The second-order valence-electron chi connectivity index (χ2n) is 5.19. The fourth-order valence-corrected chi connectivity index (χ4v) is 2.78. The van der Waals surface area contributed by atoms with E-state index in [9.17, 15) is 0 Å². The molecule has 0 aliphatic rings. The van der Waals surface area contributed by atoms with Crippen molar-refractivity contribution >= 4 is 28.4 Å². The number of hydrogen-bond donors (Lipinski definition) is 1. The van der Waals surface area contributed by atoms with Crippen molar-refractivity contribution in [1.29, 1.82) is 0 Å². The summed E-state index contributed by atoms with van der Waals surface area (Å²) < 4.78 is 6.03. The molecule has 2 N–H and O–H groups in total. The van der Waals surface area contributed by atoms with Gasteiger partial charge in [-0.1, -0.05) is 6.07 Å². The molecule has 0 aliphatic heterocycles. The lowest BCUT2D eigenvalue weighted by Gasteiger charge is -2.00. The van der Waals surface area contributed by atoms with Crippen LogP contribution < -0.4 is 5.73 Å². The zero-order valence-corrected chi connectivity index (χ0v) is 13.2. The normalized spacial score (nSPS) is 11.2. The minimum atomic E-state index is 0.409. The van der Waals surface area contributed by atoms with Crippen molar-refractivity contribution < 1.29 is 0 Å². The van der Waals surface area contributed by atoms with E-state index in [1.165, 1.54) is 11.5 Å². The Labute approximate surface area is 136 Å². The van der Waals surface area contributed by atoms with Gasteiger partial charge in [0.05, 0.1) is 11.9 Å². The number of fused-ring (bicyclic) bond motifs is 1. The van der Waals surface area contributed by atoms with E-state index in [0.29, 0.717) is 29.5 Å². The van der Waals surface area contributed by atoms with Gasteiger partial charge >= 0.3 is 0 Å². The maximum atomic E-state index is 6.05. The van der Waals surface area contributed by atoms with Gasteiger partial charge in [0.2, 0.25) is 0 Å². The molecule has 0 aromatic carbocycles. The minimum absolute atomic E-state index is 0.409. The molecule has 8 heteroatoms. The van der Waals surface area contributed by atoms with Crippen LogP contribution in [0.25, 0.3) is 22.6 Å². The molecular weight excluding hydrogens is 310 g/mol. The van der Waals surface area contributed by atoms with Gasteiger partial charge in [0.15, 0.2) is 11.5 Å². The van der Waals surface area contributed by atoms with E-state index in [-0.39, 0.29) is 0 Å². The predicted molar refractivity (Wildman–Crippen MR) is 88.9 cm³/mol. The molecule has 4 rings (SSSR count). The predicted octanol–water partition coefficient (Wildman–Crippen LogP) is 2.28. The lowest BCUT2D eigenvalue weighted by Crippen LogP contribution is -2.00. The lowest BCUT2D eigenvalue weighted by atomic mass is 10.2. The third-order valence-electron chi connectivity index (χ3n) is 3.44. The standard InChI is InChI=1S/C15H13N7S/c1-9-2-3-10(6-17-9)7-22-8-11-13(16)18-15(19-14(11)20-22)12-4-5-23-21-12/h2-6,8H,7H2,1H3,(H2,16,18,19,20). The second-order valence-corrected chi connectivity index (χ2v) is 5.85. The van der Waals surface area contributed by atoms with E-state index in [0.717, 1.165) is 16.6 Å².